The van der Waals surface area contributed by atoms with E-state index in [9.17, 15) is 68.4 Å². The number of rotatable bonds is 16. The SMILES string of the molecule is CC[C@H](C)C1NC(=O)[C@H](Cc2ccc(O)c(Cl)c2)N(C)C(=O)[C@@H]([C@@H](C)O)N2C(=O)[C@H](CC[C@H]2O)NC(=O)[C@H](CCc2ccc(O)cc2)NC(=O)[C@@H](NC(=O)[C@H](CCC(N)=O)NC(=O)[C@@H]2CCCN2C=O)[C@@H](C)OC1=O. The Balaban J connectivity index is 1.63. The molecule has 2 bridgehead atoms. The molecular weight excluding hydrogens is 1000 g/mol. The first-order valence-corrected chi connectivity index (χ1v) is 25.3. The second-order valence-corrected chi connectivity index (χ2v) is 19.7. The number of hydrogen-bond donors (Lipinski definition) is 10. The molecule has 9 amide bonds. The number of amides is 9. The van der Waals surface area contributed by atoms with E-state index in [1.165, 1.54) is 56.1 Å². The van der Waals surface area contributed by atoms with Gasteiger partial charge in [-0.25, -0.2) is 4.79 Å². The summed E-state index contributed by atoms with van der Waals surface area (Å²) >= 11 is 6.24. The Hall–Kier alpha value is -7.05. The van der Waals surface area contributed by atoms with E-state index in [-0.39, 0.29) is 74.4 Å². The van der Waals surface area contributed by atoms with Crippen LogP contribution in [-0.4, -0.2) is 175 Å². The zero-order valence-corrected chi connectivity index (χ0v) is 43.2. The number of aryl methyl sites for hydroxylation is 1. The first kappa shape index (κ1) is 58.8. The van der Waals surface area contributed by atoms with Crippen molar-refractivity contribution in [2.75, 3.05) is 13.6 Å². The zero-order chi connectivity index (χ0) is 55.4. The summed E-state index contributed by atoms with van der Waals surface area (Å²) in [6.45, 7) is 6.00. The third-order valence-corrected chi connectivity index (χ3v) is 14.2. The van der Waals surface area contributed by atoms with Crippen molar-refractivity contribution in [1.29, 1.82) is 0 Å². The average molecular weight is 1070 g/mol. The molecule has 2 aromatic carbocycles. The third kappa shape index (κ3) is 15.1. The number of phenols is 2. The maximum Gasteiger partial charge on any atom is 0.329 e. The number of nitrogens with two attached hydrogens (primary N) is 1. The monoisotopic (exact) mass is 1070 g/mol. The molecule has 410 valence electrons. The number of nitrogens with zero attached hydrogens (tertiary/aromatic N) is 3. The molecule has 75 heavy (non-hydrogen) atoms. The largest absolute Gasteiger partial charge is 0.508 e. The van der Waals surface area contributed by atoms with Crippen LogP contribution in [0.1, 0.15) is 90.2 Å². The number of ether oxygens (including phenoxy) is 1. The number of carbonyl (C=O) groups excluding carboxylic acids is 10. The molecule has 0 radical (unpaired) electrons. The second-order valence-electron chi connectivity index (χ2n) is 19.3. The van der Waals surface area contributed by atoms with Crippen LogP contribution in [0, 0.1) is 5.92 Å². The van der Waals surface area contributed by atoms with Crippen LogP contribution in [0.5, 0.6) is 11.5 Å². The number of fused-ring (bicyclic) bond motifs is 2. The first-order chi connectivity index (χ1) is 35.4. The van der Waals surface area contributed by atoms with Crippen molar-refractivity contribution in [3.8, 4) is 11.5 Å². The van der Waals surface area contributed by atoms with Crippen LogP contribution in [-0.2, 0) is 65.5 Å². The number of likely N-dealkylation sites (N-methyl/N-ethyl adjacent to an activating group) is 1. The summed E-state index contributed by atoms with van der Waals surface area (Å²) in [6.07, 6.45) is -5.20. The number of halogens is 1. The molecule has 3 fully saturated rings. The molecule has 24 nitrogen and oxygen atoms in total. The molecule has 3 aliphatic rings. The summed E-state index contributed by atoms with van der Waals surface area (Å²) in [5.74, 6) is -9.90. The lowest BCUT2D eigenvalue weighted by Gasteiger charge is -2.43. The maximum absolute atomic E-state index is 14.8. The van der Waals surface area contributed by atoms with Crippen LogP contribution >= 0.6 is 11.6 Å². The Labute approximate surface area is 438 Å². The Morgan fingerprint density at radius 2 is 1.61 bits per heavy atom. The van der Waals surface area contributed by atoms with E-state index in [0.29, 0.717) is 28.9 Å². The summed E-state index contributed by atoms with van der Waals surface area (Å²) in [5, 5.41) is 55.5. The normalized spacial score (nSPS) is 26.5. The van der Waals surface area contributed by atoms with Crippen molar-refractivity contribution in [3.63, 3.8) is 0 Å². The fourth-order valence-electron chi connectivity index (χ4n) is 9.28. The summed E-state index contributed by atoms with van der Waals surface area (Å²) in [6, 6.07) is -2.45. The molecule has 0 aromatic heterocycles. The van der Waals surface area contributed by atoms with Gasteiger partial charge >= 0.3 is 5.97 Å². The Morgan fingerprint density at radius 3 is 2.24 bits per heavy atom. The average Bonchev–Trinajstić information content (AvgIpc) is 3.86. The van der Waals surface area contributed by atoms with Crippen molar-refractivity contribution in [2.24, 2.45) is 11.7 Å². The van der Waals surface area contributed by atoms with Crippen LogP contribution < -0.4 is 32.3 Å². The van der Waals surface area contributed by atoms with E-state index in [1.807, 2.05) is 0 Å². The number of benzene rings is 2. The van der Waals surface area contributed by atoms with Gasteiger partial charge in [-0.15, -0.1) is 0 Å². The molecule has 3 saturated heterocycles. The quantitative estimate of drug-likeness (QED) is 0.0694. The van der Waals surface area contributed by atoms with Gasteiger partial charge in [0.1, 0.15) is 72.2 Å². The fourth-order valence-corrected chi connectivity index (χ4v) is 9.48. The highest BCUT2D eigenvalue weighted by atomic mass is 35.5. The van der Waals surface area contributed by atoms with Gasteiger partial charge in [0.25, 0.3) is 0 Å². The number of esters is 1. The van der Waals surface area contributed by atoms with E-state index in [0.717, 1.165) is 4.90 Å². The third-order valence-electron chi connectivity index (χ3n) is 13.9. The van der Waals surface area contributed by atoms with Gasteiger partial charge < -0.3 is 72.2 Å². The number of carbonyl (C=O) groups is 10. The molecule has 0 saturated carbocycles. The Bertz CT molecular complexity index is 2450. The van der Waals surface area contributed by atoms with Crippen molar-refractivity contribution in [3.05, 3.63) is 58.6 Å². The molecule has 11 N–H and O–H groups in total. The number of primary amides is 1. The van der Waals surface area contributed by atoms with Crippen molar-refractivity contribution >= 4 is 71.2 Å². The van der Waals surface area contributed by atoms with Gasteiger partial charge in [0, 0.05) is 26.4 Å². The summed E-state index contributed by atoms with van der Waals surface area (Å²) in [4.78, 5) is 142. The zero-order valence-electron chi connectivity index (χ0n) is 42.4. The molecule has 0 aliphatic carbocycles. The number of phenolic OH excluding ortho intramolecular Hbond substituents is 2. The number of hydrogen-bond acceptors (Lipinski definition) is 15. The molecule has 0 spiro atoms. The minimum atomic E-state index is -1.91. The number of likely N-dealkylation sites (tertiary alicyclic amines) is 1. The molecule has 2 aromatic rings. The number of aromatic hydroxyl groups is 2. The fraction of sp³-hybridized carbons (Fsp3) is 0.560. The Morgan fingerprint density at radius 1 is 0.933 bits per heavy atom. The predicted octanol–water partition coefficient (Wildman–Crippen LogP) is -1.25. The number of cyclic esters (lactones) is 1. The van der Waals surface area contributed by atoms with Gasteiger partial charge in [-0.1, -0.05) is 50.1 Å². The van der Waals surface area contributed by atoms with Crippen molar-refractivity contribution in [2.45, 2.75) is 159 Å². The standard InChI is InChI=1S/C50H68ClN9O15/c1-6-25(2)40-50(74)75-27(4)41(57-44(68)33(16-19-38(52)65)53-45(69)35-8-7-21-59(35)24-61)47(71)54-32(15-11-28-9-13-30(63)14-10-28)43(67)55-34-17-20-39(66)60(48(34)72)42(26(3)62)49(73)58(5)36(46(70)56-40)23-29-12-18-37(64)31(51)22-29/h9-10,12-14,18,22,24-27,32-36,39-42,62-64,66H,6-8,11,15-17,19-21,23H2,1-5H3,(H2,52,65)(H,53,69)(H,54,71)(H,55,67)(H,56,70)(H,57,68)/t25-,26+,27+,32-,33-,34-,35-,36-,39+,40?,41-,42+/m0/s1. The molecule has 12 atom stereocenters. The maximum atomic E-state index is 14.8. The van der Waals surface area contributed by atoms with Crippen molar-refractivity contribution < 1.29 is 73.1 Å². The molecule has 25 heteroatoms. The van der Waals surface area contributed by atoms with Crippen LogP contribution in [0.4, 0.5) is 0 Å². The van der Waals surface area contributed by atoms with E-state index < -0.39 is 132 Å². The second kappa shape index (κ2) is 26.4. The first-order valence-electron chi connectivity index (χ1n) is 24.9. The van der Waals surface area contributed by atoms with Crippen LogP contribution in [0.3, 0.4) is 0 Å². The van der Waals surface area contributed by atoms with Crippen LogP contribution in [0.25, 0.3) is 0 Å². The van der Waals surface area contributed by atoms with E-state index >= 15 is 0 Å². The van der Waals surface area contributed by atoms with Crippen molar-refractivity contribution in [1.82, 2.24) is 41.3 Å². The molecule has 1 unspecified atom stereocenters. The van der Waals surface area contributed by atoms with Gasteiger partial charge in [0.15, 0.2) is 0 Å². The number of aliphatic hydroxyl groups is 2. The number of nitrogens with one attached hydrogen (secondary N) is 5. The number of aliphatic hydroxyl groups excluding tert-OH is 2. The predicted molar refractivity (Wildman–Crippen MR) is 266 cm³/mol. The minimum absolute atomic E-state index is 0.0518. The minimum Gasteiger partial charge on any atom is -0.508 e. The van der Waals surface area contributed by atoms with Gasteiger partial charge in [0.2, 0.25) is 53.7 Å². The topological polar surface area (TPSA) is 357 Å². The van der Waals surface area contributed by atoms with Crippen LogP contribution in [0.15, 0.2) is 42.5 Å². The molecule has 3 heterocycles. The van der Waals surface area contributed by atoms with E-state index in [2.05, 4.69) is 26.6 Å². The lowest BCUT2D eigenvalue weighted by Crippen LogP contribution is -2.67. The van der Waals surface area contributed by atoms with Crippen LogP contribution in [0.2, 0.25) is 5.02 Å². The summed E-state index contributed by atoms with van der Waals surface area (Å²) in [7, 11) is 1.21. The Kier molecular flexibility index (Phi) is 20.7. The van der Waals surface area contributed by atoms with E-state index in [1.54, 1.807) is 26.0 Å². The number of piperidine rings is 1. The molecular formula is C50H68ClN9O15. The summed E-state index contributed by atoms with van der Waals surface area (Å²) < 4.78 is 5.92. The van der Waals surface area contributed by atoms with Gasteiger partial charge in [0.05, 0.1) is 11.1 Å². The van der Waals surface area contributed by atoms with Gasteiger partial charge in [-0.3, -0.25) is 43.2 Å². The lowest BCUT2D eigenvalue weighted by atomic mass is 9.96. The highest BCUT2D eigenvalue weighted by molar-refractivity contribution is 6.32. The smallest absolute Gasteiger partial charge is 0.329 e. The van der Waals surface area contributed by atoms with Gasteiger partial charge in [-0.05, 0) is 100 Å². The molecule has 5 rings (SSSR count). The van der Waals surface area contributed by atoms with Gasteiger partial charge in [-0.2, -0.15) is 0 Å². The summed E-state index contributed by atoms with van der Waals surface area (Å²) in [5.41, 5.74) is 6.34. The lowest BCUT2D eigenvalue weighted by molar-refractivity contribution is -0.170. The van der Waals surface area contributed by atoms with E-state index in [4.69, 9.17) is 22.1 Å². The highest BCUT2D eigenvalue weighted by Gasteiger charge is 2.47. The highest BCUT2D eigenvalue weighted by Crippen LogP contribution is 2.28. The molecule has 3 aliphatic heterocycles.